The lowest BCUT2D eigenvalue weighted by Crippen LogP contribution is -2.20. The molecule has 1 aliphatic rings. The number of nitrogens with one attached hydrogen (secondary N) is 1. The van der Waals surface area contributed by atoms with E-state index in [1.54, 1.807) is 0 Å². The second-order valence-electron chi connectivity index (χ2n) is 2.80. The number of amides is 1. The van der Waals surface area contributed by atoms with Gasteiger partial charge in [-0.2, -0.15) is 0 Å². The first-order valence-electron chi connectivity index (χ1n) is 3.84. The monoisotopic (exact) mass is 169 g/mol. The molecule has 0 fully saturated rings. The minimum absolute atomic E-state index is 0.203. The third kappa shape index (κ3) is 1.84. The van der Waals surface area contributed by atoms with Gasteiger partial charge in [-0.3, -0.25) is 4.79 Å². The minimum atomic E-state index is -0.920. The Morgan fingerprint density at radius 2 is 2.08 bits per heavy atom. The highest BCUT2D eigenvalue weighted by atomic mass is 16.4. The van der Waals surface area contributed by atoms with Gasteiger partial charge in [0, 0.05) is 12.6 Å². The molecular formula is C8H11NO3. The van der Waals surface area contributed by atoms with Gasteiger partial charge in [0.05, 0.1) is 5.57 Å². The molecule has 0 bridgehead atoms. The minimum Gasteiger partial charge on any atom is -0.478 e. The molecule has 0 heterocycles. The summed E-state index contributed by atoms with van der Waals surface area (Å²) in [6.07, 6.45) is 2.05. The molecule has 0 aromatic rings. The van der Waals surface area contributed by atoms with Gasteiger partial charge in [0.1, 0.15) is 0 Å². The van der Waals surface area contributed by atoms with E-state index in [1.165, 1.54) is 6.92 Å². The quantitative estimate of drug-likeness (QED) is 0.637. The average molecular weight is 169 g/mol. The van der Waals surface area contributed by atoms with Gasteiger partial charge in [0.25, 0.3) is 0 Å². The fraction of sp³-hybridized carbons (Fsp3) is 0.500. The maximum Gasteiger partial charge on any atom is 0.333 e. The molecule has 0 aromatic carbocycles. The van der Waals surface area contributed by atoms with E-state index in [1.807, 2.05) is 0 Å². The van der Waals surface area contributed by atoms with E-state index >= 15 is 0 Å². The van der Waals surface area contributed by atoms with E-state index in [0.29, 0.717) is 24.1 Å². The Morgan fingerprint density at radius 1 is 1.42 bits per heavy atom. The highest BCUT2D eigenvalue weighted by Crippen LogP contribution is 2.23. The third-order valence-electron chi connectivity index (χ3n) is 1.80. The number of carbonyl (C=O) groups excluding carboxylic acids is 1. The standard InChI is InChI=1S/C8H11NO3/c1-5(10)9-7-4-2-3-6(7)8(11)12/h2-4H2,1H3,(H,9,10)(H,11,12). The molecule has 66 valence electrons. The molecule has 0 atom stereocenters. The number of carboxylic acid groups (broad SMARTS) is 1. The molecule has 4 heteroatoms. The van der Waals surface area contributed by atoms with Crippen molar-refractivity contribution in [2.24, 2.45) is 0 Å². The molecule has 1 amide bonds. The molecule has 1 aliphatic carbocycles. The van der Waals surface area contributed by atoms with Crippen LogP contribution in [-0.4, -0.2) is 17.0 Å². The van der Waals surface area contributed by atoms with Gasteiger partial charge >= 0.3 is 5.97 Å². The second-order valence-corrected chi connectivity index (χ2v) is 2.80. The van der Waals surface area contributed by atoms with Crippen LogP contribution in [0.1, 0.15) is 26.2 Å². The number of carboxylic acids is 1. The maximum absolute atomic E-state index is 10.6. The molecule has 1 rings (SSSR count). The molecule has 0 saturated heterocycles. The fourth-order valence-electron chi connectivity index (χ4n) is 1.33. The van der Waals surface area contributed by atoms with E-state index in [9.17, 15) is 9.59 Å². The van der Waals surface area contributed by atoms with E-state index in [-0.39, 0.29) is 5.91 Å². The van der Waals surface area contributed by atoms with Crippen molar-refractivity contribution in [3.8, 4) is 0 Å². The van der Waals surface area contributed by atoms with Crippen LogP contribution in [0.5, 0.6) is 0 Å². The normalized spacial score (nSPS) is 16.4. The van der Waals surface area contributed by atoms with Gasteiger partial charge < -0.3 is 10.4 Å². The molecule has 2 N–H and O–H groups in total. The van der Waals surface area contributed by atoms with Gasteiger partial charge in [-0.05, 0) is 19.3 Å². The molecule has 0 aromatic heterocycles. The van der Waals surface area contributed by atoms with Crippen LogP contribution in [0.25, 0.3) is 0 Å². The smallest absolute Gasteiger partial charge is 0.333 e. The summed E-state index contributed by atoms with van der Waals surface area (Å²) in [6.45, 7) is 1.38. The Hall–Kier alpha value is -1.32. The Labute approximate surface area is 70.3 Å². The van der Waals surface area contributed by atoms with Crippen molar-refractivity contribution in [1.29, 1.82) is 0 Å². The summed E-state index contributed by atoms with van der Waals surface area (Å²) in [5, 5.41) is 11.2. The van der Waals surface area contributed by atoms with Crippen LogP contribution in [-0.2, 0) is 9.59 Å². The number of hydrogen-bond donors (Lipinski definition) is 2. The average Bonchev–Trinajstić information content (AvgIpc) is 2.33. The Bertz CT molecular complexity index is 255. The van der Waals surface area contributed by atoms with Crippen molar-refractivity contribution < 1.29 is 14.7 Å². The summed E-state index contributed by atoms with van der Waals surface area (Å²) in [5.41, 5.74) is 0.931. The van der Waals surface area contributed by atoms with Gasteiger partial charge in [-0.15, -0.1) is 0 Å². The summed E-state index contributed by atoms with van der Waals surface area (Å²) in [6, 6.07) is 0. The van der Waals surface area contributed by atoms with Gasteiger partial charge in [-0.25, -0.2) is 4.79 Å². The predicted octanol–water partition coefficient (Wildman–Crippen LogP) is 0.645. The van der Waals surface area contributed by atoms with Crippen LogP contribution >= 0.6 is 0 Å². The Morgan fingerprint density at radius 3 is 2.58 bits per heavy atom. The zero-order valence-electron chi connectivity index (χ0n) is 6.89. The lowest BCUT2D eigenvalue weighted by Gasteiger charge is -2.03. The van der Waals surface area contributed by atoms with E-state index in [2.05, 4.69) is 5.32 Å². The molecule has 0 aliphatic heterocycles. The molecular weight excluding hydrogens is 158 g/mol. The van der Waals surface area contributed by atoms with Crippen LogP contribution in [0.15, 0.2) is 11.3 Å². The Kier molecular flexibility index (Phi) is 2.47. The first kappa shape index (κ1) is 8.77. The molecule has 4 nitrogen and oxygen atoms in total. The van der Waals surface area contributed by atoms with Crippen LogP contribution in [0.4, 0.5) is 0 Å². The van der Waals surface area contributed by atoms with Gasteiger partial charge in [0.2, 0.25) is 5.91 Å². The summed E-state index contributed by atoms with van der Waals surface area (Å²) in [5.74, 6) is -1.12. The topological polar surface area (TPSA) is 66.4 Å². The molecule has 0 radical (unpaired) electrons. The van der Waals surface area contributed by atoms with Crippen LogP contribution < -0.4 is 5.32 Å². The lowest BCUT2D eigenvalue weighted by atomic mass is 10.2. The number of rotatable bonds is 2. The lowest BCUT2D eigenvalue weighted by molar-refractivity contribution is -0.132. The Balaban J connectivity index is 2.76. The predicted molar refractivity (Wildman–Crippen MR) is 42.3 cm³/mol. The number of carbonyl (C=O) groups is 2. The van der Waals surface area contributed by atoms with E-state index in [0.717, 1.165) is 6.42 Å². The first-order valence-corrected chi connectivity index (χ1v) is 3.84. The molecule has 12 heavy (non-hydrogen) atoms. The van der Waals surface area contributed by atoms with Crippen molar-refractivity contribution in [1.82, 2.24) is 5.32 Å². The number of aliphatic carboxylic acids is 1. The second kappa shape index (κ2) is 3.38. The van der Waals surface area contributed by atoms with Gasteiger partial charge in [0.15, 0.2) is 0 Å². The van der Waals surface area contributed by atoms with E-state index in [4.69, 9.17) is 5.11 Å². The van der Waals surface area contributed by atoms with Crippen molar-refractivity contribution in [3.05, 3.63) is 11.3 Å². The highest BCUT2D eigenvalue weighted by molar-refractivity contribution is 5.89. The molecule has 0 unspecified atom stereocenters. The molecule has 0 saturated carbocycles. The zero-order valence-corrected chi connectivity index (χ0v) is 6.89. The molecule has 0 spiro atoms. The summed E-state index contributed by atoms with van der Waals surface area (Å²) < 4.78 is 0. The SMILES string of the molecule is CC(=O)NC1=C(C(=O)O)CCC1. The third-order valence-corrected chi connectivity index (χ3v) is 1.80. The van der Waals surface area contributed by atoms with Crippen LogP contribution in [0.2, 0.25) is 0 Å². The summed E-state index contributed by atoms with van der Waals surface area (Å²) in [7, 11) is 0. The van der Waals surface area contributed by atoms with Crippen LogP contribution in [0, 0.1) is 0 Å². The highest BCUT2D eigenvalue weighted by Gasteiger charge is 2.20. The van der Waals surface area contributed by atoms with Gasteiger partial charge in [-0.1, -0.05) is 0 Å². The zero-order chi connectivity index (χ0) is 9.14. The first-order chi connectivity index (χ1) is 5.61. The fourth-order valence-corrected chi connectivity index (χ4v) is 1.33. The summed E-state index contributed by atoms with van der Waals surface area (Å²) in [4.78, 5) is 21.2. The maximum atomic E-state index is 10.6. The van der Waals surface area contributed by atoms with E-state index < -0.39 is 5.97 Å². The van der Waals surface area contributed by atoms with Crippen molar-refractivity contribution in [2.45, 2.75) is 26.2 Å². The summed E-state index contributed by atoms with van der Waals surface area (Å²) >= 11 is 0. The van der Waals surface area contributed by atoms with Crippen molar-refractivity contribution in [3.63, 3.8) is 0 Å². The van der Waals surface area contributed by atoms with Crippen molar-refractivity contribution in [2.75, 3.05) is 0 Å². The van der Waals surface area contributed by atoms with Crippen LogP contribution in [0.3, 0.4) is 0 Å². The largest absolute Gasteiger partial charge is 0.478 e. The number of allylic oxidation sites excluding steroid dienone is 1. The van der Waals surface area contributed by atoms with Crippen molar-refractivity contribution >= 4 is 11.9 Å². The number of hydrogen-bond acceptors (Lipinski definition) is 2.